The Hall–Kier alpha value is -3.16. The first-order valence-corrected chi connectivity index (χ1v) is 11.2. The number of halogens is 1. The molecule has 8 heteroatoms. The van der Waals surface area contributed by atoms with Gasteiger partial charge in [0, 0.05) is 16.5 Å². The number of ether oxygens (including phenoxy) is 1. The Morgan fingerprint density at radius 2 is 1.94 bits per heavy atom. The number of thiazole rings is 1. The van der Waals surface area contributed by atoms with Crippen molar-refractivity contribution in [3.8, 4) is 28.3 Å². The van der Waals surface area contributed by atoms with Gasteiger partial charge in [-0.2, -0.15) is 0 Å². The van der Waals surface area contributed by atoms with Crippen molar-refractivity contribution in [3.63, 3.8) is 0 Å². The van der Waals surface area contributed by atoms with E-state index in [0.717, 1.165) is 47.7 Å². The first-order chi connectivity index (χ1) is 15.2. The van der Waals surface area contributed by atoms with Crippen LogP contribution >= 0.6 is 11.3 Å². The van der Waals surface area contributed by atoms with Crippen molar-refractivity contribution < 1.29 is 26.5 Å². The number of nitrogens with zero attached hydrogens (tertiary/aromatic N) is 3. The molecule has 0 spiro atoms. The lowest BCUT2D eigenvalue weighted by Crippen LogP contribution is -3.00. The van der Waals surface area contributed by atoms with Gasteiger partial charge in [-0.05, 0) is 30.7 Å². The molecule has 5 rings (SSSR count). The van der Waals surface area contributed by atoms with E-state index in [0.29, 0.717) is 5.13 Å². The van der Waals surface area contributed by atoms with Crippen molar-refractivity contribution in [2.45, 2.75) is 25.9 Å². The van der Waals surface area contributed by atoms with Gasteiger partial charge in [0.15, 0.2) is 17.4 Å². The predicted molar refractivity (Wildman–Crippen MR) is 121 cm³/mol. The molecule has 4 aromatic rings. The molecule has 0 saturated heterocycles. The molecule has 0 fully saturated rings. The van der Waals surface area contributed by atoms with Crippen LogP contribution in [0.15, 0.2) is 66.2 Å². The highest BCUT2D eigenvalue weighted by atomic mass is 35.5. The molecule has 0 bridgehead atoms. The van der Waals surface area contributed by atoms with Crippen LogP contribution in [0.5, 0.6) is 5.75 Å². The van der Waals surface area contributed by atoms with E-state index in [1.54, 1.807) is 7.11 Å². The number of aromatic nitrogens is 3. The average molecular weight is 467 g/mol. The quantitative estimate of drug-likeness (QED) is 0.434. The van der Waals surface area contributed by atoms with E-state index >= 15 is 0 Å². The van der Waals surface area contributed by atoms with Crippen molar-refractivity contribution in [1.29, 1.82) is 0 Å². The number of methoxy groups -OCH3 is 1. The van der Waals surface area contributed by atoms with Crippen LogP contribution in [-0.2, 0) is 24.3 Å². The molecule has 0 aliphatic carbocycles. The third-order valence-corrected chi connectivity index (χ3v) is 6.27. The summed E-state index contributed by atoms with van der Waals surface area (Å²) in [7, 11) is 1.67. The fourth-order valence-electron chi connectivity index (χ4n) is 4.02. The minimum atomic E-state index is -0.0689. The molecule has 164 valence electrons. The van der Waals surface area contributed by atoms with E-state index in [1.165, 1.54) is 17.2 Å². The summed E-state index contributed by atoms with van der Waals surface area (Å²) in [4.78, 5) is 17.3. The van der Waals surface area contributed by atoms with Gasteiger partial charge >= 0.3 is 0 Å². The maximum absolute atomic E-state index is 12.8. The molecule has 1 aliphatic heterocycles. The second-order valence-corrected chi connectivity index (χ2v) is 8.35. The molecule has 0 saturated carbocycles. The number of imidazole rings is 1. The van der Waals surface area contributed by atoms with Crippen LogP contribution in [0.4, 0.5) is 5.13 Å². The maximum Gasteiger partial charge on any atom is 0.268 e. The number of benzene rings is 2. The van der Waals surface area contributed by atoms with Crippen molar-refractivity contribution in [1.82, 2.24) is 9.55 Å². The minimum absolute atomic E-state index is 0. The molecular weight excluding hydrogens is 444 g/mol. The molecule has 1 aliphatic rings. The number of hydrogen-bond acceptors (Lipinski definition) is 4. The van der Waals surface area contributed by atoms with Crippen molar-refractivity contribution >= 4 is 22.4 Å². The summed E-state index contributed by atoms with van der Waals surface area (Å²) >= 11 is 1.44. The number of amides is 1. The van der Waals surface area contributed by atoms with E-state index in [-0.39, 0.29) is 24.9 Å². The monoisotopic (exact) mass is 466 g/mol. The second-order valence-electron chi connectivity index (χ2n) is 7.49. The van der Waals surface area contributed by atoms with Gasteiger partial charge < -0.3 is 17.1 Å². The summed E-state index contributed by atoms with van der Waals surface area (Å²) in [6.07, 6.45) is 4.14. The highest BCUT2D eigenvalue weighted by Gasteiger charge is 2.29. The first kappa shape index (κ1) is 22.0. The topological polar surface area (TPSA) is 60.0 Å². The minimum Gasteiger partial charge on any atom is -1.00 e. The summed E-state index contributed by atoms with van der Waals surface area (Å²) in [6.45, 7) is 1.24. The lowest BCUT2D eigenvalue weighted by molar-refractivity contribution is -0.690. The van der Waals surface area contributed by atoms with Gasteiger partial charge in [0.25, 0.3) is 11.7 Å². The van der Waals surface area contributed by atoms with Gasteiger partial charge in [0.1, 0.15) is 11.9 Å². The van der Waals surface area contributed by atoms with Gasteiger partial charge in [0.2, 0.25) is 0 Å². The Morgan fingerprint density at radius 3 is 2.69 bits per heavy atom. The number of fused-ring (bicyclic) bond motifs is 1. The highest BCUT2D eigenvalue weighted by Crippen LogP contribution is 2.27. The molecule has 32 heavy (non-hydrogen) atoms. The van der Waals surface area contributed by atoms with Gasteiger partial charge in [0.05, 0.1) is 25.8 Å². The molecule has 6 nitrogen and oxygen atoms in total. The molecular formula is C24H23ClN4O2S. The highest BCUT2D eigenvalue weighted by molar-refractivity contribution is 7.14. The zero-order valence-corrected chi connectivity index (χ0v) is 19.2. The van der Waals surface area contributed by atoms with Crippen molar-refractivity contribution in [3.05, 3.63) is 72.0 Å². The van der Waals surface area contributed by atoms with E-state index in [2.05, 4.69) is 37.8 Å². The zero-order chi connectivity index (χ0) is 21.2. The molecule has 0 atom stereocenters. The molecule has 2 aromatic carbocycles. The lowest BCUT2D eigenvalue weighted by atomic mass is 10.1. The summed E-state index contributed by atoms with van der Waals surface area (Å²) in [6, 6.07) is 18.0. The van der Waals surface area contributed by atoms with Gasteiger partial charge in [-0.1, -0.05) is 30.3 Å². The molecule has 0 unspecified atom stereocenters. The fraction of sp³-hybridized carbons (Fsp3) is 0.208. The normalized spacial score (nSPS) is 12.2. The Kier molecular flexibility index (Phi) is 6.58. The predicted octanol–water partition coefficient (Wildman–Crippen LogP) is 1.16. The number of hydrogen-bond donors (Lipinski definition) is 1. The van der Waals surface area contributed by atoms with Crippen LogP contribution in [0.3, 0.4) is 0 Å². The van der Waals surface area contributed by atoms with Crippen LogP contribution in [0.1, 0.15) is 12.2 Å². The largest absolute Gasteiger partial charge is 1.00 e. The SMILES string of the molecule is COc1ccc(-c2c[n+](CC(=O)Nc3nc(-c4ccccc4)cs3)c3n2CCC3)cc1.[Cl-]. The van der Waals surface area contributed by atoms with Gasteiger partial charge in [-0.25, -0.2) is 14.1 Å². The number of rotatable bonds is 6. The lowest BCUT2D eigenvalue weighted by Gasteiger charge is -2.01. The second kappa shape index (κ2) is 9.54. The number of carbonyl (C=O) groups is 1. The Morgan fingerprint density at radius 1 is 1.16 bits per heavy atom. The van der Waals surface area contributed by atoms with E-state index in [4.69, 9.17) is 4.74 Å². The number of carbonyl (C=O) groups excluding carboxylic acids is 1. The Balaban J connectivity index is 0.00000245. The summed E-state index contributed by atoms with van der Waals surface area (Å²) in [5.41, 5.74) is 4.17. The van der Waals surface area contributed by atoms with Crippen LogP contribution in [0.25, 0.3) is 22.5 Å². The van der Waals surface area contributed by atoms with E-state index in [1.807, 2.05) is 47.8 Å². The number of nitrogens with one attached hydrogen (secondary N) is 1. The summed E-state index contributed by atoms with van der Waals surface area (Å²) < 4.78 is 9.65. The van der Waals surface area contributed by atoms with Crippen molar-refractivity contribution in [2.24, 2.45) is 0 Å². The average Bonchev–Trinajstić information content (AvgIpc) is 3.53. The summed E-state index contributed by atoms with van der Waals surface area (Å²) in [5, 5.41) is 5.55. The smallest absolute Gasteiger partial charge is 0.268 e. The molecule has 2 aromatic heterocycles. The van der Waals surface area contributed by atoms with Crippen LogP contribution in [0.2, 0.25) is 0 Å². The van der Waals surface area contributed by atoms with Crippen LogP contribution in [0, 0.1) is 0 Å². The molecule has 0 radical (unpaired) electrons. The molecule has 1 N–H and O–H groups in total. The molecule has 1 amide bonds. The Labute approximate surface area is 196 Å². The van der Waals surface area contributed by atoms with Crippen LogP contribution < -0.4 is 27.0 Å². The number of anilines is 1. The molecule has 3 heterocycles. The van der Waals surface area contributed by atoms with Gasteiger partial charge in [-0.15, -0.1) is 11.3 Å². The van der Waals surface area contributed by atoms with Crippen molar-refractivity contribution in [2.75, 3.05) is 12.4 Å². The third-order valence-electron chi connectivity index (χ3n) is 5.51. The Bertz CT molecular complexity index is 1220. The van der Waals surface area contributed by atoms with E-state index in [9.17, 15) is 4.79 Å². The summed E-state index contributed by atoms with van der Waals surface area (Å²) in [5.74, 6) is 1.95. The van der Waals surface area contributed by atoms with Gasteiger partial charge in [-0.3, -0.25) is 10.1 Å². The standard InChI is InChI=1S/C24H22N4O2S.ClH/c1-30-19-11-9-18(10-12-19)21-14-27(23-8-5-13-28(21)23)15-22(29)26-24-25-20(16-31-24)17-6-3-2-4-7-17;/h2-4,6-7,9-12,14,16H,5,8,13,15H2,1H3;1H. The maximum atomic E-state index is 12.8. The zero-order valence-electron chi connectivity index (χ0n) is 17.6. The van der Waals surface area contributed by atoms with Crippen LogP contribution in [-0.4, -0.2) is 22.6 Å². The first-order valence-electron chi connectivity index (χ1n) is 10.3. The fourth-order valence-corrected chi connectivity index (χ4v) is 4.76. The third kappa shape index (κ3) is 4.40. The van der Waals surface area contributed by atoms with E-state index < -0.39 is 0 Å².